The van der Waals surface area contributed by atoms with Crippen molar-refractivity contribution in [3.8, 4) is 0 Å². The van der Waals surface area contributed by atoms with Crippen molar-refractivity contribution in [3.63, 3.8) is 0 Å². The zero-order chi connectivity index (χ0) is 11.0. The number of para-hydroxylation sites is 2. The van der Waals surface area contributed by atoms with Crippen LogP contribution in [0.3, 0.4) is 0 Å². The molecule has 80 valence electrons. The molecule has 2 nitrogen and oxygen atoms in total. The van der Waals surface area contributed by atoms with E-state index in [9.17, 15) is 0 Å². The van der Waals surface area contributed by atoms with Gasteiger partial charge in [0.05, 0.1) is 11.4 Å². The van der Waals surface area contributed by atoms with E-state index in [1.165, 1.54) is 22.5 Å². The second-order valence-corrected chi connectivity index (χ2v) is 3.99. The number of hydrazine groups is 1. The van der Waals surface area contributed by atoms with E-state index in [0.717, 1.165) is 6.42 Å². The lowest BCUT2D eigenvalue weighted by Gasteiger charge is -2.32. The summed E-state index contributed by atoms with van der Waals surface area (Å²) in [6, 6.07) is 17.0. The lowest BCUT2D eigenvalue weighted by atomic mass is 9.97. The number of fused-ring (bicyclic) bond motifs is 2. The van der Waals surface area contributed by atoms with Gasteiger partial charge in [-0.2, -0.15) is 0 Å². The lowest BCUT2D eigenvalue weighted by Crippen LogP contribution is -2.33. The minimum Gasteiger partial charge on any atom is -0.277 e. The number of benzene rings is 2. The van der Waals surface area contributed by atoms with Gasteiger partial charge in [0, 0.05) is 13.5 Å². The first-order valence-corrected chi connectivity index (χ1v) is 5.53. The summed E-state index contributed by atoms with van der Waals surface area (Å²) in [6.45, 7) is 0. The topological polar surface area (TPSA) is 15.3 Å². The largest absolute Gasteiger partial charge is 0.277 e. The van der Waals surface area contributed by atoms with Gasteiger partial charge in [-0.3, -0.25) is 5.01 Å². The Hall–Kier alpha value is -1.80. The standard InChI is InChI=1S/C14H14N2/c1-15-16-13-8-4-2-6-11(13)10-12-7-3-5-9-14(12)16/h2-9,15H,10H2,1H3. The Morgan fingerprint density at radius 1 is 0.875 bits per heavy atom. The molecule has 0 saturated carbocycles. The summed E-state index contributed by atoms with van der Waals surface area (Å²) in [7, 11) is 1.96. The quantitative estimate of drug-likeness (QED) is 0.778. The minimum atomic E-state index is 1.02. The van der Waals surface area contributed by atoms with Crippen molar-refractivity contribution in [2.75, 3.05) is 12.1 Å². The summed E-state index contributed by atoms with van der Waals surface area (Å²) < 4.78 is 0. The maximum atomic E-state index is 3.25. The molecule has 0 atom stereocenters. The number of rotatable bonds is 1. The van der Waals surface area contributed by atoms with Gasteiger partial charge >= 0.3 is 0 Å². The molecule has 16 heavy (non-hydrogen) atoms. The molecule has 2 aromatic carbocycles. The van der Waals surface area contributed by atoms with Crippen molar-refractivity contribution in [2.45, 2.75) is 6.42 Å². The van der Waals surface area contributed by atoms with Crippen LogP contribution in [0.5, 0.6) is 0 Å². The van der Waals surface area contributed by atoms with Crippen LogP contribution in [0.1, 0.15) is 11.1 Å². The molecule has 0 radical (unpaired) electrons. The lowest BCUT2D eigenvalue weighted by molar-refractivity contribution is 0.809. The Morgan fingerprint density at radius 2 is 1.38 bits per heavy atom. The number of nitrogens with one attached hydrogen (secondary N) is 1. The van der Waals surface area contributed by atoms with Crippen LogP contribution in [0, 0.1) is 0 Å². The third-order valence-corrected chi connectivity index (χ3v) is 3.07. The monoisotopic (exact) mass is 210 g/mol. The van der Waals surface area contributed by atoms with E-state index in [1.54, 1.807) is 0 Å². The molecule has 0 aliphatic carbocycles. The molecule has 1 aliphatic rings. The van der Waals surface area contributed by atoms with E-state index < -0.39 is 0 Å². The van der Waals surface area contributed by atoms with Crippen LogP contribution < -0.4 is 10.4 Å². The zero-order valence-electron chi connectivity index (χ0n) is 9.27. The van der Waals surface area contributed by atoms with Gasteiger partial charge in [0.1, 0.15) is 0 Å². The molecular weight excluding hydrogens is 196 g/mol. The van der Waals surface area contributed by atoms with Gasteiger partial charge in [0.15, 0.2) is 0 Å². The number of hydrogen-bond acceptors (Lipinski definition) is 2. The molecular formula is C14H14N2. The molecule has 0 saturated heterocycles. The molecule has 0 fully saturated rings. The summed E-state index contributed by atoms with van der Waals surface area (Å²) >= 11 is 0. The van der Waals surface area contributed by atoms with Crippen molar-refractivity contribution < 1.29 is 0 Å². The van der Waals surface area contributed by atoms with Crippen molar-refractivity contribution >= 4 is 11.4 Å². The average Bonchev–Trinajstić information content (AvgIpc) is 2.36. The van der Waals surface area contributed by atoms with E-state index in [4.69, 9.17) is 0 Å². The summed E-state index contributed by atoms with van der Waals surface area (Å²) in [5, 5.41) is 2.15. The molecule has 0 aromatic heterocycles. The highest BCUT2D eigenvalue weighted by molar-refractivity contribution is 5.73. The maximum absolute atomic E-state index is 3.25. The van der Waals surface area contributed by atoms with Gasteiger partial charge in [0.2, 0.25) is 0 Å². The van der Waals surface area contributed by atoms with Crippen LogP contribution in [0.2, 0.25) is 0 Å². The second kappa shape index (κ2) is 3.65. The van der Waals surface area contributed by atoms with Gasteiger partial charge < -0.3 is 0 Å². The summed E-state index contributed by atoms with van der Waals surface area (Å²) in [5.74, 6) is 0. The van der Waals surface area contributed by atoms with E-state index in [2.05, 4.69) is 59.0 Å². The fourth-order valence-electron chi connectivity index (χ4n) is 2.33. The normalized spacial score (nSPS) is 13.2. The first-order valence-electron chi connectivity index (χ1n) is 5.53. The molecule has 0 amide bonds. The third-order valence-electron chi connectivity index (χ3n) is 3.07. The Bertz CT molecular complexity index is 474. The van der Waals surface area contributed by atoms with E-state index in [0.29, 0.717) is 0 Å². The van der Waals surface area contributed by atoms with Gasteiger partial charge in [0.25, 0.3) is 0 Å². The Balaban J connectivity index is 2.19. The van der Waals surface area contributed by atoms with Gasteiger partial charge in [-0.05, 0) is 23.3 Å². The fraction of sp³-hybridized carbons (Fsp3) is 0.143. The highest BCUT2D eigenvalue weighted by Gasteiger charge is 2.20. The summed E-state index contributed by atoms with van der Waals surface area (Å²) in [6.07, 6.45) is 1.02. The predicted octanol–water partition coefficient (Wildman–Crippen LogP) is 2.86. The first kappa shape index (κ1) is 9.43. The smallest absolute Gasteiger partial charge is 0.0613 e. The molecule has 2 heteroatoms. The molecule has 0 spiro atoms. The fourth-order valence-corrected chi connectivity index (χ4v) is 2.33. The van der Waals surface area contributed by atoms with Crippen molar-refractivity contribution in [1.82, 2.24) is 5.43 Å². The van der Waals surface area contributed by atoms with Gasteiger partial charge in [-0.15, -0.1) is 0 Å². The molecule has 0 bridgehead atoms. The van der Waals surface area contributed by atoms with Crippen LogP contribution in [0.4, 0.5) is 11.4 Å². The zero-order valence-corrected chi connectivity index (χ0v) is 9.27. The predicted molar refractivity (Wildman–Crippen MR) is 66.9 cm³/mol. The van der Waals surface area contributed by atoms with Crippen LogP contribution in [0.25, 0.3) is 0 Å². The SMILES string of the molecule is CNN1c2ccccc2Cc2ccccc21. The second-order valence-electron chi connectivity index (χ2n) is 3.99. The number of anilines is 2. The third kappa shape index (κ3) is 1.31. The molecule has 2 aromatic rings. The highest BCUT2D eigenvalue weighted by atomic mass is 15.5. The van der Waals surface area contributed by atoms with Crippen molar-refractivity contribution in [2.24, 2.45) is 0 Å². The Kier molecular flexibility index (Phi) is 2.15. The summed E-state index contributed by atoms with van der Waals surface area (Å²) in [4.78, 5) is 0. The van der Waals surface area contributed by atoms with Crippen LogP contribution in [-0.2, 0) is 6.42 Å². The number of hydrogen-bond donors (Lipinski definition) is 1. The summed E-state index contributed by atoms with van der Waals surface area (Å²) in [5.41, 5.74) is 8.50. The Morgan fingerprint density at radius 3 is 1.88 bits per heavy atom. The first-order chi connectivity index (χ1) is 7.90. The van der Waals surface area contributed by atoms with Gasteiger partial charge in [-0.1, -0.05) is 36.4 Å². The van der Waals surface area contributed by atoms with Crippen molar-refractivity contribution in [3.05, 3.63) is 59.7 Å². The van der Waals surface area contributed by atoms with Crippen LogP contribution >= 0.6 is 0 Å². The van der Waals surface area contributed by atoms with Crippen LogP contribution in [-0.4, -0.2) is 7.05 Å². The molecule has 3 rings (SSSR count). The minimum absolute atomic E-state index is 1.02. The van der Waals surface area contributed by atoms with Crippen molar-refractivity contribution in [1.29, 1.82) is 0 Å². The van der Waals surface area contributed by atoms with E-state index in [-0.39, 0.29) is 0 Å². The average molecular weight is 210 g/mol. The van der Waals surface area contributed by atoms with Crippen LogP contribution in [0.15, 0.2) is 48.5 Å². The van der Waals surface area contributed by atoms with Gasteiger partial charge in [-0.25, -0.2) is 5.43 Å². The highest BCUT2D eigenvalue weighted by Crippen LogP contribution is 2.36. The number of nitrogens with zero attached hydrogens (tertiary/aromatic N) is 1. The molecule has 1 N–H and O–H groups in total. The Labute approximate surface area is 95.5 Å². The van der Waals surface area contributed by atoms with E-state index in [1.807, 2.05) is 7.05 Å². The molecule has 0 unspecified atom stereocenters. The molecule has 1 aliphatic heterocycles. The molecule has 1 heterocycles. The van der Waals surface area contributed by atoms with E-state index >= 15 is 0 Å². The maximum Gasteiger partial charge on any atom is 0.0613 e.